The second-order valence-electron chi connectivity index (χ2n) is 4.90. The molecule has 0 aromatic carbocycles. The van der Waals surface area contributed by atoms with Gasteiger partial charge in [-0.25, -0.2) is 9.97 Å². The van der Waals surface area contributed by atoms with Crippen molar-refractivity contribution in [3.05, 3.63) is 24.3 Å². The molecule has 0 radical (unpaired) electrons. The standard InChI is InChI=1S/C12H20N4O/c1-12(2,3)16-7-5-11(17)14-8-10-4-6-13-9-15-10/h4,6,9,16H,5,7-8H2,1-3H3,(H,14,17). The molecular formula is C12H20N4O. The first-order valence-electron chi connectivity index (χ1n) is 5.74. The first-order valence-corrected chi connectivity index (χ1v) is 5.74. The van der Waals surface area contributed by atoms with Crippen LogP contribution in [0.15, 0.2) is 18.6 Å². The zero-order chi connectivity index (χ0) is 12.7. The number of carbonyl (C=O) groups is 1. The van der Waals surface area contributed by atoms with Gasteiger partial charge in [0.15, 0.2) is 0 Å². The highest BCUT2D eigenvalue weighted by atomic mass is 16.1. The lowest BCUT2D eigenvalue weighted by Gasteiger charge is -2.20. The maximum Gasteiger partial charge on any atom is 0.221 e. The molecule has 0 saturated heterocycles. The van der Waals surface area contributed by atoms with Crippen molar-refractivity contribution in [1.29, 1.82) is 0 Å². The molecule has 5 heteroatoms. The minimum absolute atomic E-state index is 0.0281. The molecule has 0 atom stereocenters. The average Bonchev–Trinajstić information content (AvgIpc) is 2.26. The van der Waals surface area contributed by atoms with Gasteiger partial charge in [0.2, 0.25) is 5.91 Å². The van der Waals surface area contributed by atoms with Crippen LogP contribution < -0.4 is 10.6 Å². The summed E-state index contributed by atoms with van der Waals surface area (Å²) in [7, 11) is 0. The monoisotopic (exact) mass is 236 g/mol. The van der Waals surface area contributed by atoms with E-state index in [-0.39, 0.29) is 11.4 Å². The van der Waals surface area contributed by atoms with Crippen LogP contribution in [-0.2, 0) is 11.3 Å². The van der Waals surface area contributed by atoms with Crippen LogP contribution in [0.2, 0.25) is 0 Å². The Bertz CT molecular complexity index is 345. The zero-order valence-corrected chi connectivity index (χ0v) is 10.7. The van der Waals surface area contributed by atoms with Gasteiger partial charge < -0.3 is 10.6 Å². The molecule has 5 nitrogen and oxygen atoms in total. The van der Waals surface area contributed by atoms with Crippen LogP contribution in [0.3, 0.4) is 0 Å². The Morgan fingerprint density at radius 3 is 2.76 bits per heavy atom. The lowest BCUT2D eigenvalue weighted by Crippen LogP contribution is -2.38. The van der Waals surface area contributed by atoms with Gasteiger partial charge in [-0.1, -0.05) is 0 Å². The molecule has 0 aliphatic heterocycles. The van der Waals surface area contributed by atoms with Crippen molar-refractivity contribution in [2.24, 2.45) is 0 Å². The first kappa shape index (κ1) is 13.6. The smallest absolute Gasteiger partial charge is 0.221 e. The van der Waals surface area contributed by atoms with Crippen molar-refractivity contribution in [2.75, 3.05) is 6.54 Å². The second-order valence-corrected chi connectivity index (χ2v) is 4.90. The van der Waals surface area contributed by atoms with Crippen molar-refractivity contribution in [3.63, 3.8) is 0 Å². The normalized spacial score (nSPS) is 11.2. The summed E-state index contributed by atoms with van der Waals surface area (Å²) in [6.07, 6.45) is 3.61. The number of nitrogens with one attached hydrogen (secondary N) is 2. The van der Waals surface area contributed by atoms with Crippen LogP contribution in [0.1, 0.15) is 32.9 Å². The molecule has 17 heavy (non-hydrogen) atoms. The van der Waals surface area contributed by atoms with Crippen LogP contribution >= 0.6 is 0 Å². The highest BCUT2D eigenvalue weighted by Crippen LogP contribution is 1.98. The average molecular weight is 236 g/mol. The van der Waals surface area contributed by atoms with Gasteiger partial charge >= 0.3 is 0 Å². The summed E-state index contributed by atoms with van der Waals surface area (Å²) < 4.78 is 0. The number of carbonyl (C=O) groups excluding carboxylic acids is 1. The Morgan fingerprint density at radius 2 is 2.18 bits per heavy atom. The molecule has 0 unspecified atom stereocenters. The number of hydrogen-bond acceptors (Lipinski definition) is 4. The molecular weight excluding hydrogens is 216 g/mol. The van der Waals surface area contributed by atoms with E-state index in [1.807, 2.05) is 0 Å². The van der Waals surface area contributed by atoms with Gasteiger partial charge in [-0.3, -0.25) is 4.79 Å². The molecule has 1 amide bonds. The molecule has 1 rings (SSSR count). The SMILES string of the molecule is CC(C)(C)NCCC(=O)NCc1ccncn1. The second kappa shape index (κ2) is 6.30. The Balaban J connectivity index is 2.18. The predicted molar refractivity (Wildman–Crippen MR) is 66.3 cm³/mol. The fraction of sp³-hybridized carbons (Fsp3) is 0.583. The number of aromatic nitrogens is 2. The summed E-state index contributed by atoms with van der Waals surface area (Å²) in [5.74, 6) is 0.0281. The van der Waals surface area contributed by atoms with E-state index >= 15 is 0 Å². The third kappa shape index (κ3) is 6.63. The number of amides is 1. The number of nitrogens with zero attached hydrogens (tertiary/aromatic N) is 2. The fourth-order valence-corrected chi connectivity index (χ4v) is 1.25. The van der Waals surface area contributed by atoms with E-state index in [4.69, 9.17) is 0 Å². The minimum Gasteiger partial charge on any atom is -0.350 e. The Labute approximate surface area is 102 Å². The van der Waals surface area contributed by atoms with Crippen molar-refractivity contribution < 1.29 is 4.79 Å². The summed E-state index contributed by atoms with van der Waals surface area (Å²) in [4.78, 5) is 19.4. The summed E-state index contributed by atoms with van der Waals surface area (Å²) in [5, 5.41) is 6.08. The van der Waals surface area contributed by atoms with Crippen molar-refractivity contribution >= 4 is 5.91 Å². The zero-order valence-electron chi connectivity index (χ0n) is 10.7. The maximum absolute atomic E-state index is 11.5. The van der Waals surface area contributed by atoms with Gasteiger partial charge in [0.25, 0.3) is 0 Å². The lowest BCUT2D eigenvalue weighted by molar-refractivity contribution is -0.121. The van der Waals surface area contributed by atoms with Crippen LogP contribution in [0.25, 0.3) is 0 Å². The van der Waals surface area contributed by atoms with Crippen molar-refractivity contribution in [2.45, 2.75) is 39.3 Å². The van der Waals surface area contributed by atoms with Gasteiger partial charge in [0.1, 0.15) is 6.33 Å². The highest BCUT2D eigenvalue weighted by molar-refractivity contribution is 5.75. The van der Waals surface area contributed by atoms with Crippen LogP contribution in [0.4, 0.5) is 0 Å². The molecule has 0 aliphatic carbocycles. The van der Waals surface area contributed by atoms with E-state index in [0.29, 0.717) is 19.5 Å². The molecule has 0 bridgehead atoms. The number of hydrogen-bond donors (Lipinski definition) is 2. The Kier molecular flexibility index (Phi) is 5.03. The summed E-state index contributed by atoms with van der Waals surface area (Å²) in [6, 6.07) is 1.79. The van der Waals surface area contributed by atoms with Gasteiger partial charge in [0, 0.05) is 24.7 Å². The first-order chi connectivity index (χ1) is 7.97. The van der Waals surface area contributed by atoms with E-state index in [0.717, 1.165) is 5.69 Å². The predicted octanol–water partition coefficient (Wildman–Crippen LogP) is 0.871. The fourth-order valence-electron chi connectivity index (χ4n) is 1.25. The van der Waals surface area contributed by atoms with Crippen LogP contribution in [0, 0.1) is 0 Å². The van der Waals surface area contributed by atoms with E-state index in [2.05, 4.69) is 41.4 Å². The quantitative estimate of drug-likeness (QED) is 0.796. The van der Waals surface area contributed by atoms with E-state index in [1.165, 1.54) is 6.33 Å². The molecule has 1 heterocycles. The minimum atomic E-state index is 0.0281. The largest absolute Gasteiger partial charge is 0.350 e. The van der Waals surface area contributed by atoms with Crippen molar-refractivity contribution in [3.8, 4) is 0 Å². The molecule has 0 aliphatic rings. The molecule has 1 aromatic rings. The molecule has 0 spiro atoms. The van der Waals surface area contributed by atoms with E-state index in [1.54, 1.807) is 12.3 Å². The van der Waals surface area contributed by atoms with Gasteiger partial charge in [-0.05, 0) is 26.8 Å². The van der Waals surface area contributed by atoms with Crippen LogP contribution in [-0.4, -0.2) is 28.0 Å². The third-order valence-corrected chi connectivity index (χ3v) is 2.12. The molecule has 1 aromatic heterocycles. The van der Waals surface area contributed by atoms with Gasteiger partial charge in [0.05, 0.1) is 12.2 Å². The van der Waals surface area contributed by atoms with E-state index in [9.17, 15) is 4.79 Å². The van der Waals surface area contributed by atoms with Gasteiger partial charge in [-0.2, -0.15) is 0 Å². The summed E-state index contributed by atoms with van der Waals surface area (Å²) >= 11 is 0. The highest BCUT2D eigenvalue weighted by Gasteiger charge is 2.09. The van der Waals surface area contributed by atoms with E-state index < -0.39 is 0 Å². The topological polar surface area (TPSA) is 66.9 Å². The lowest BCUT2D eigenvalue weighted by atomic mass is 10.1. The summed E-state index contributed by atoms with van der Waals surface area (Å²) in [6.45, 7) is 7.36. The molecule has 0 saturated carbocycles. The third-order valence-electron chi connectivity index (χ3n) is 2.12. The summed E-state index contributed by atoms with van der Waals surface area (Å²) in [5.41, 5.74) is 0.865. The maximum atomic E-state index is 11.5. The van der Waals surface area contributed by atoms with Gasteiger partial charge in [-0.15, -0.1) is 0 Å². The molecule has 94 valence electrons. The number of rotatable bonds is 5. The van der Waals surface area contributed by atoms with Crippen molar-refractivity contribution in [1.82, 2.24) is 20.6 Å². The Morgan fingerprint density at radius 1 is 1.41 bits per heavy atom. The molecule has 0 fully saturated rings. The van der Waals surface area contributed by atoms with Crippen LogP contribution in [0.5, 0.6) is 0 Å². The Hall–Kier alpha value is -1.49. The molecule has 2 N–H and O–H groups in total.